The minimum Gasteiger partial charge on any atom is -0.469 e. The molecule has 0 aliphatic heterocycles. The first kappa shape index (κ1) is 13.4. The molecule has 0 N–H and O–H groups in total. The Morgan fingerprint density at radius 1 is 1.41 bits per heavy atom. The van der Waals surface area contributed by atoms with Gasteiger partial charge in [0.1, 0.15) is 5.82 Å². The standard InChI is InChI=1S/C13H15FO3/c1-8-4-5-10(14)7-11(8)12(15)6-9(2)13(16)17-3/h4-5,7,9H,6H2,1-3H3. The van der Waals surface area contributed by atoms with E-state index in [1.54, 1.807) is 19.9 Å². The highest BCUT2D eigenvalue weighted by molar-refractivity contribution is 5.99. The maximum Gasteiger partial charge on any atom is 0.308 e. The van der Waals surface area contributed by atoms with Gasteiger partial charge in [0.25, 0.3) is 0 Å². The molecule has 0 bridgehead atoms. The van der Waals surface area contributed by atoms with Gasteiger partial charge in [0.2, 0.25) is 0 Å². The molecule has 1 aromatic rings. The number of esters is 1. The largest absolute Gasteiger partial charge is 0.469 e. The van der Waals surface area contributed by atoms with Crippen LogP contribution in [0.1, 0.15) is 29.3 Å². The van der Waals surface area contributed by atoms with Gasteiger partial charge in [-0.25, -0.2) is 4.39 Å². The Balaban J connectivity index is 2.83. The lowest BCUT2D eigenvalue weighted by atomic mass is 9.97. The van der Waals surface area contributed by atoms with Crippen LogP contribution in [-0.2, 0) is 9.53 Å². The molecule has 3 nitrogen and oxygen atoms in total. The van der Waals surface area contributed by atoms with Gasteiger partial charge in [-0.3, -0.25) is 9.59 Å². The average Bonchev–Trinajstić information content (AvgIpc) is 2.30. The number of benzene rings is 1. The van der Waals surface area contributed by atoms with E-state index in [1.165, 1.54) is 19.2 Å². The molecule has 17 heavy (non-hydrogen) atoms. The van der Waals surface area contributed by atoms with Crippen molar-refractivity contribution in [2.75, 3.05) is 7.11 Å². The molecule has 0 amide bonds. The number of ketones is 1. The first-order chi connectivity index (χ1) is 7.95. The van der Waals surface area contributed by atoms with Gasteiger partial charge in [0, 0.05) is 12.0 Å². The highest BCUT2D eigenvalue weighted by atomic mass is 19.1. The van der Waals surface area contributed by atoms with Crippen LogP contribution in [0, 0.1) is 18.7 Å². The lowest BCUT2D eigenvalue weighted by molar-refractivity contribution is -0.144. The van der Waals surface area contributed by atoms with Crippen LogP contribution in [0.5, 0.6) is 0 Å². The van der Waals surface area contributed by atoms with Crippen LogP contribution >= 0.6 is 0 Å². The zero-order valence-corrected chi connectivity index (χ0v) is 10.1. The number of aryl methyl sites for hydroxylation is 1. The summed E-state index contributed by atoms with van der Waals surface area (Å²) >= 11 is 0. The van der Waals surface area contributed by atoms with Gasteiger partial charge in [-0.05, 0) is 24.6 Å². The molecule has 0 aliphatic carbocycles. The molecule has 1 aromatic carbocycles. The molecule has 0 aliphatic rings. The third-order valence-corrected chi connectivity index (χ3v) is 2.60. The molecule has 4 heteroatoms. The Morgan fingerprint density at radius 3 is 2.65 bits per heavy atom. The lowest BCUT2D eigenvalue weighted by Crippen LogP contribution is -2.17. The molecular weight excluding hydrogens is 223 g/mol. The van der Waals surface area contributed by atoms with Crippen LogP contribution in [0.3, 0.4) is 0 Å². The van der Waals surface area contributed by atoms with E-state index in [-0.39, 0.29) is 12.2 Å². The van der Waals surface area contributed by atoms with Gasteiger partial charge >= 0.3 is 5.97 Å². The molecule has 0 saturated carbocycles. The van der Waals surface area contributed by atoms with Crippen molar-refractivity contribution in [3.63, 3.8) is 0 Å². The topological polar surface area (TPSA) is 43.4 Å². The minimum atomic E-state index is -0.518. The molecule has 1 unspecified atom stereocenters. The van der Waals surface area contributed by atoms with E-state index in [0.29, 0.717) is 11.1 Å². The number of Topliss-reactive ketones (excluding diaryl/α,β-unsaturated/α-hetero) is 1. The van der Waals surface area contributed by atoms with Crippen molar-refractivity contribution in [1.29, 1.82) is 0 Å². The first-order valence-electron chi connectivity index (χ1n) is 5.33. The summed E-state index contributed by atoms with van der Waals surface area (Å²) in [6.07, 6.45) is 0.0248. The van der Waals surface area contributed by atoms with Crippen LogP contribution in [0.25, 0.3) is 0 Å². The second kappa shape index (κ2) is 5.57. The summed E-state index contributed by atoms with van der Waals surface area (Å²) in [6, 6.07) is 4.04. The van der Waals surface area contributed by atoms with Gasteiger partial charge in [-0.1, -0.05) is 13.0 Å². The Hall–Kier alpha value is -1.71. The third-order valence-electron chi connectivity index (χ3n) is 2.60. The molecule has 92 valence electrons. The molecule has 0 saturated heterocycles. The maximum atomic E-state index is 13.0. The fourth-order valence-corrected chi connectivity index (χ4v) is 1.57. The van der Waals surface area contributed by atoms with E-state index < -0.39 is 17.7 Å². The smallest absolute Gasteiger partial charge is 0.308 e. The summed E-state index contributed by atoms with van der Waals surface area (Å²) in [5.74, 6) is -1.66. The van der Waals surface area contributed by atoms with Gasteiger partial charge < -0.3 is 4.74 Å². The molecule has 0 heterocycles. The van der Waals surface area contributed by atoms with Crippen molar-refractivity contribution in [3.05, 3.63) is 35.1 Å². The van der Waals surface area contributed by atoms with E-state index in [1.807, 2.05) is 0 Å². The van der Waals surface area contributed by atoms with Crippen molar-refractivity contribution < 1.29 is 18.7 Å². The first-order valence-corrected chi connectivity index (χ1v) is 5.33. The Morgan fingerprint density at radius 2 is 2.06 bits per heavy atom. The minimum absolute atomic E-state index is 0.0248. The van der Waals surface area contributed by atoms with E-state index in [2.05, 4.69) is 4.74 Å². The van der Waals surface area contributed by atoms with Crippen molar-refractivity contribution in [2.45, 2.75) is 20.3 Å². The Kier molecular flexibility index (Phi) is 4.37. The van der Waals surface area contributed by atoms with Crippen LogP contribution in [0.2, 0.25) is 0 Å². The molecule has 0 fully saturated rings. The number of hydrogen-bond acceptors (Lipinski definition) is 3. The van der Waals surface area contributed by atoms with Gasteiger partial charge in [0.15, 0.2) is 5.78 Å². The van der Waals surface area contributed by atoms with E-state index in [4.69, 9.17) is 0 Å². The molecule has 1 atom stereocenters. The van der Waals surface area contributed by atoms with Crippen molar-refractivity contribution in [1.82, 2.24) is 0 Å². The Labute approximate surface area is 99.6 Å². The number of carbonyl (C=O) groups is 2. The summed E-state index contributed by atoms with van der Waals surface area (Å²) in [5.41, 5.74) is 1.02. The second-order valence-corrected chi connectivity index (χ2v) is 4.01. The highest BCUT2D eigenvalue weighted by Crippen LogP contribution is 2.16. The number of halogens is 1. The maximum absolute atomic E-state index is 13.0. The third kappa shape index (κ3) is 3.37. The van der Waals surface area contributed by atoms with Gasteiger partial charge in [-0.15, -0.1) is 0 Å². The van der Waals surface area contributed by atoms with Gasteiger partial charge in [-0.2, -0.15) is 0 Å². The van der Waals surface area contributed by atoms with Crippen LogP contribution < -0.4 is 0 Å². The summed E-state index contributed by atoms with van der Waals surface area (Å²) in [6.45, 7) is 3.34. The predicted molar refractivity (Wildman–Crippen MR) is 61.3 cm³/mol. The zero-order valence-electron chi connectivity index (χ0n) is 10.1. The number of rotatable bonds is 4. The molecule has 0 aromatic heterocycles. The van der Waals surface area contributed by atoms with Crippen molar-refractivity contribution in [2.24, 2.45) is 5.92 Å². The van der Waals surface area contributed by atoms with Crippen LogP contribution in [0.15, 0.2) is 18.2 Å². The Bertz CT molecular complexity index is 440. The summed E-state index contributed by atoms with van der Waals surface area (Å²) < 4.78 is 17.6. The number of ether oxygens (including phenoxy) is 1. The second-order valence-electron chi connectivity index (χ2n) is 4.01. The van der Waals surface area contributed by atoms with E-state index >= 15 is 0 Å². The molecule has 0 radical (unpaired) electrons. The summed E-state index contributed by atoms with van der Waals surface area (Å²) in [4.78, 5) is 23.1. The lowest BCUT2D eigenvalue weighted by Gasteiger charge is -2.09. The van der Waals surface area contributed by atoms with Crippen LogP contribution in [-0.4, -0.2) is 18.9 Å². The molecule has 1 rings (SSSR count). The quantitative estimate of drug-likeness (QED) is 0.598. The highest BCUT2D eigenvalue weighted by Gasteiger charge is 2.19. The molecular formula is C13H15FO3. The number of carbonyl (C=O) groups excluding carboxylic acids is 2. The summed E-state index contributed by atoms with van der Waals surface area (Å²) in [7, 11) is 1.27. The fourth-order valence-electron chi connectivity index (χ4n) is 1.57. The number of hydrogen-bond donors (Lipinski definition) is 0. The fraction of sp³-hybridized carbons (Fsp3) is 0.385. The van der Waals surface area contributed by atoms with Crippen molar-refractivity contribution in [3.8, 4) is 0 Å². The predicted octanol–water partition coefficient (Wildman–Crippen LogP) is 2.52. The molecule has 0 spiro atoms. The SMILES string of the molecule is COC(=O)C(C)CC(=O)c1cc(F)ccc1C. The van der Waals surface area contributed by atoms with E-state index in [9.17, 15) is 14.0 Å². The average molecular weight is 238 g/mol. The summed E-state index contributed by atoms with van der Waals surface area (Å²) in [5, 5.41) is 0. The normalized spacial score (nSPS) is 12.0. The van der Waals surface area contributed by atoms with Crippen molar-refractivity contribution >= 4 is 11.8 Å². The number of methoxy groups -OCH3 is 1. The van der Waals surface area contributed by atoms with Gasteiger partial charge in [0.05, 0.1) is 13.0 Å². The van der Waals surface area contributed by atoms with Crippen LogP contribution in [0.4, 0.5) is 4.39 Å². The van der Waals surface area contributed by atoms with E-state index in [0.717, 1.165) is 0 Å². The zero-order chi connectivity index (χ0) is 13.0. The monoisotopic (exact) mass is 238 g/mol.